The summed E-state index contributed by atoms with van der Waals surface area (Å²) in [6.07, 6.45) is 7.33. The number of imidazole rings is 1. The lowest BCUT2D eigenvalue weighted by atomic mass is 10.3. The van der Waals surface area contributed by atoms with Gasteiger partial charge in [0.05, 0.1) is 18.1 Å². The second-order valence-electron chi connectivity index (χ2n) is 5.13. The van der Waals surface area contributed by atoms with Gasteiger partial charge in [0, 0.05) is 50.2 Å². The first-order chi connectivity index (χ1) is 11.6. The lowest BCUT2D eigenvalue weighted by molar-refractivity contribution is 0.0984. The Morgan fingerprint density at radius 3 is 2.92 bits per heavy atom. The van der Waals surface area contributed by atoms with E-state index in [0.29, 0.717) is 28.3 Å². The van der Waals surface area contributed by atoms with Crippen molar-refractivity contribution in [1.82, 2.24) is 14.5 Å². The van der Waals surface area contributed by atoms with Gasteiger partial charge in [-0.15, -0.1) is 0 Å². The molecule has 0 radical (unpaired) electrons. The van der Waals surface area contributed by atoms with Crippen molar-refractivity contribution in [3.05, 3.63) is 36.4 Å². The standard InChI is InChI=1S/C15H17N7OS/c1-21(11-5-3-6-17-9-11)13(23)12-10-20-15(22(12)2)24(16)14-18-7-4-8-19-14/h3,5-7,9-10,16H,4,8H2,1-2H3. The number of aliphatic imine (C=N–C) groups is 2. The molecule has 0 saturated carbocycles. The smallest absolute Gasteiger partial charge is 0.276 e. The molecule has 124 valence electrons. The maximum atomic E-state index is 12.7. The third-order valence-corrected chi connectivity index (χ3v) is 4.92. The zero-order valence-corrected chi connectivity index (χ0v) is 14.2. The number of hydrogen-bond donors (Lipinski definition) is 1. The summed E-state index contributed by atoms with van der Waals surface area (Å²) in [4.78, 5) is 30.9. The number of amides is 1. The van der Waals surface area contributed by atoms with Crippen LogP contribution in [0.2, 0.25) is 0 Å². The summed E-state index contributed by atoms with van der Waals surface area (Å²) in [7, 11) is 2.30. The third kappa shape index (κ3) is 3.02. The number of anilines is 1. The van der Waals surface area contributed by atoms with Crippen LogP contribution in [-0.2, 0) is 17.7 Å². The van der Waals surface area contributed by atoms with Gasteiger partial charge in [0.2, 0.25) is 5.17 Å². The van der Waals surface area contributed by atoms with Crippen molar-refractivity contribution in [3.8, 4) is 0 Å². The fourth-order valence-corrected chi connectivity index (χ4v) is 3.32. The number of pyridine rings is 1. The van der Waals surface area contributed by atoms with E-state index in [2.05, 4.69) is 20.0 Å². The molecule has 8 nitrogen and oxygen atoms in total. The molecule has 0 bridgehead atoms. The van der Waals surface area contributed by atoms with Gasteiger partial charge in [-0.05, 0) is 12.1 Å². The number of rotatable bonds is 3. The van der Waals surface area contributed by atoms with Crippen molar-refractivity contribution in [1.29, 1.82) is 4.78 Å². The van der Waals surface area contributed by atoms with Crippen molar-refractivity contribution < 1.29 is 4.79 Å². The van der Waals surface area contributed by atoms with Crippen molar-refractivity contribution in [2.75, 3.05) is 18.5 Å². The Balaban J connectivity index is 1.87. The van der Waals surface area contributed by atoms with E-state index in [4.69, 9.17) is 4.78 Å². The predicted molar refractivity (Wildman–Crippen MR) is 93.9 cm³/mol. The molecule has 1 amide bonds. The number of nitrogens with zero attached hydrogens (tertiary/aromatic N) is 6. The van der Waals surface area contributed by atoms with Crippen LogP contribution in [0, 0.1) is 4.78 Å². The molecule has 0 spiro atoms. The molecular weight excluding hydrogens is 326 g/mol. The van der Waals surface area contributed by atoms with Gasteiger partial charge in [-0.3, -0.25) is 19.6 Å². The predicted octanol–water partition coefficient (Wildman–Crippen LogP) is 1.66. The topological polar surface area (TPSA) is 99.6 Å². The fraction of sp³-hybridized carbons (Fsp3) is 0.267. The number of carbonyl (C=O) groups excluding carboxylic acids is 1. The van der Waals surface area contributed by atoms with Crippen molar-refractivity contribution in [2.45, 2.75) is 11.6 Å². The van der Waals surface area contributed by atoms with Crippen LogP contribution in [0.1, 0.15) is 16.9 Å². The third-order valence-electron chi connectivity index (χ3n) is 3.57. The van der Waals surface area contributed by atoms with E-state index in [-0.39, 0.29) is 5.91 Å². The highest BCUT2D eigenvalue weighted by Gasteiger charge is 2.22. The van der Waals surface area contributed by atoms with Crippen LogP contribution >= 0.6 is 0 Å². The fourth-order valence-electron chi connectivity index (χ4n) is 2.22. The molecule has 1 atom stereocenters. The summed E-state index contributed by atoms with van der Waals surface area (Å²) in [5.41, 5.74) is 1.10. The number of amidine groups is 1. The second-order valence-corrected chi connectivity index (χ2v) is 6.47. The number of hydrogen-bond acceptors (Lipinski definition) is 6. The van der Waals surface area contributed by atoms with E-state index >= 15 is 0 Å². The van der Waals surface area contributed by atoms with Gasteiger partial charge < -0.3 is 9.47 Å². The van der Waals surface area contributed by atoms with Gasteiger partial charge >= 0.3 is 0 Å². The highest BCUT2D eigenvalue weighted by atomic mass is 32.2. The Hall–Kier alpha value is -2.68. The van der Waals surface area contributed by atoms with Gasteiger partial charge in [0.1, 0.15) is 5.69 Å². The number of carbonyl (C=O) groups is 1. The Bertz CT molecular complexity index is 841. The lowest BCUT2D eigenvalue weighted by Crippen LogP contribution is -2.28. The minimum atomic E-state index is -1.11. The zero-order valence-electron chi connectivity index (χ0n) is 13.4. The Morgan fingerprint density at radius 2 is 2.25 bits per heavy atom. The molecule has 0 fully saturated rings. The van der Waals surface area contributed by atoms with Gasteiger partial charge in [-0.1, -0.05) is 0 Å². The summed E-state index contributed by atoms with van der Waals surface area (Å²) in [5, 5.41) is 0.922. The summed E-state index contributed by atoms with van der Waals surface area (Å²) < 4.78 is 9.98. The molecule has 1 N–H and O–H groups in total. The first-order valence-corrected chi connectivity index (χ1v) is 8.54. The van der Waals surface area contributed by atoms with Crippen LogP contribution in [-0.4, -0.2) is 45.4 Å². The van der Waals surface area contributed by atoms with Gasteiger partial charge in [0.25, 0.3) is 5.91 Å². The second kappa shape index (κ2) is 6.83. The Labute approximate surface area is 141 Å². The summed E-state index contributed by atoms with van der Waals surface area (Å²) >= 11 is 0. The molecule has 1 aliphatic heterocycles. The van der Waals surface area contributed by atoms with E-state index in [1.165, 1.54) is 11.1 Å². The van der Waals surface area contributed by atoms with Crippen molar-refractivity contribution in [3.63, 3.8) is 0 Å². The molecule has 24 heavy (non-hydrogen) atoms. The molecule has 3 rings (SSSR count). The molecule has 0 aromatic carbocycles. The summed E-state index contributed by atoms with van der Waals surface area (Å²) in [6, 6.07) is 3.58. The van der Waals surface area contributed by atoms with Crippen molar-refractivity contribution in [2.24, 2.45) is 17.0 Å². The van der Waals surface area contributed by atoms with E-state index < -0.39 is 10.7 Å². The van der Waals surface area contributed by atoms with Crippen molar-refractivity contribution >= 4 is 33.7 Å². The van der Waals surface area contributed by atoms with Gasteiger partial charge in [0.15, 0.2) is 5.16 Å². The molecule has 2 aromatic heterocycles. The molecular formula is C15H17N7OS. The van der Waals surface area contributed by atoms with E-state index in [0.717, 1.165) is 6.42 Å². The zero-order chi connectivity index (χ0) is 17.1. The molecule has 9 heteroatoms. The van der Waals surface area contributed by atoms with Crippen LogP contribution in [0.3, 0.4) is 0 Å². The highest BCUT2D eigenvalue weighted by Crippen LogP contribution is 2.16. The minimum Gasteiger partial charge on any atom is -0.317 e. The first-order valence-electron chi connectivity index (χ1n) is 7.32. The van der Waals surface area contributed by atoms with Crippen LogP contribution in [0.15, 0.2) is 45.9 Å². The van der Waals surface area contributed by atoms with E-state index in [9.17, 15) is 4.79 Å². The molecule has 1 unspecified atom stereocenters. The van der Waals surface area contributed by atoms with E-state index in [1.54, 1.807) is 43.3 Å². The number of nitrogens with one attached hydrogen (secondary N) is 1. The lowest BCUT2D eigenvalue weighted by Gasteiger charge is -2.17. The minimum absolute atomic E-state index is 0.213. The normalized spacial score (nSPS) is 15.0. The van der Waals surface area contributed by atoms with Gasteiger partial charge in [-0.25, -0.2) is 9.98 Å². The monoisotopic (exact) mass is 343 g/mol. The van der Waals surface area contributed by atoms with Gasteiger partial charge in [-0.2, -0.15) is 0 Å². The average Bonchev–Trinajstić information content (AvgIpc) is 3.02. The largest absolute Gasteiger partial charge is 0.317 e. The molecule has 2 aromatic rings. The van der Waals surface area contributed by atoms with Crippen LogP contribution in [0.4, 0.5) is 5.69 Å². The van der Waals surface area contributed by atoms with Crippen LogP contribution < -0.4 is 4.90 Å². The van der Waals surface area contributed by atoms with Crippen LogP contribution in [0.5, 0.6) is 0 Å². The summed E-state index contributed by atoms with van der Waals surface area (Å²) in [5.74, 6) is -0.213. The molecule has 1 aliphatic rings. The average molecular weight is 343 g/mol. The Morgan fingerprint density at radius 1 is 1.42 bits per heavy atom. The highest BCUT2D eigenvalue weighted by molar-refractivity contribution is 8.01. The quantitative estimate of drug-likeness (QED) is 0.917. The Kier molecular flexibility index (Phi) is 4.61. The van der Waals surface area contributed by atoms with Crippen LogP contribution in [0.25, 0.3) is 0 Å². The maximum absolute atomic E-state index is 12.7. The maximum Gasteiger partial charge on any atom is 0.276 e. The molecule has 0 saturated heterocycles. The molecule has 3 heterocycles. The first kappa shape index (κ1) is 16.2. The summed E-state index contributed by atoms with van der Waals surface area (Å²) in [6.45, 7) is 0.640. The van der Waals surface area contributed by atoms with E-state index in [1.807, 2.05) is 6.07 Å². The SMILES string of the molecule is CN(C(=O)c1cnc(S(=N)C2=NCCC=N2)n1C)c1cccnc1. The molecule has 0 aliphatic carbocycles. The number of aromatic nitrogens is 3.